The third-order valence-corrected chi connectivity index (χ3v) is 3.54. The SMILES string of the molecule is COC(=O)C(N)Cc1ccc2noc(-c3ccccc3)c2c1. The Balaban J connectivity index is 1.97. The predicted molar refractivity (Wildman–Crippen MR) is 83.1 cm³/mol. The van der Waals surface area contributed by atoms with Crippen molar-refractivity contribution in [1.29, 1.82) is 0 Å². The third kappa shape index (κ3) is 2.71. The topological polar surface area (TPSA) is 78.4 Å². The summed E-state index contributed by atoms with van der Waals surface area (Å²) in [5, 5.41) is 4.97. The molecule has 3 aromatic rings. The van der Waals surface area contributed by atoms with Gasteiger partial charge in [0.25, 0.3) is 0 Å². The molecule has 0 bridgehead atoms. The number of rotatable bonds is 4. The molecule has 0 spiro atoms. The van der Waals surface area contributed by atoms with Gasteiger partial charge >= 0.3 is 5.97 Å². The van der Waals surface area contributed by atoms with Gasteiger partial charge in [0.1, 0.15) is 11.6 Å². The monoisotopic (exact) mass is 296 g/mol. The number of hydrogen-bond donors (Lipinski definition) is 1. The quantitative estimate of drug-likeness (QED) is 0.748. The van der Waals surface area contributed by atoms with E-state index in [1.165, 1.54) is 7.11 Å². The van der Waals surface area contributed by atoms with Crippen LogP contribution >= 0.6 is 0 Å². The Bertz CT molecular complexity index is 796. The van der Waals surface area contributed by atoms with Gasteiger partial charge in [-0.3, -0.25) is 4.79 Å². The lowest BCUT2D eigenvalue weighted by Gasteiger charge is -2.09. The Labute approximate surface area is 127 Å². The third-order valence-electron chi connectivity index (χ3n) is 3.54. The minimum Gasteiger partial charge on any atom is -0.468 e. The average Bonchev–Trinajstić information content (AvgIpc) is 2.98. The Hall–Kier alpha value is -2.66. The van der Waals surface area contributed by atoms with Crippen LogP contribution < -0.4 is 5.73 Å². The van der Waals surface area contributed by atoms with E-state index < -0.39 is 12.0 Å². The van der Waals surface area contributed by atoms with Crippen molar-refractivity contribution in [1.82, 2.24) is 5.16 Å². The van der Waals surface area contributed by atoms with E-state index in [0.29, 0.717) is 12.2 Å². The number of esters is 1. The highest BCUT2D eigenvalue weighted by Gasteiger charge is 2.16. The standard InChI is InChI=1S/C17H16N2O3/c1-21-17(20)14(18)10-11-7-8-15-13(9-11)16(22-19-15)12-5-3-2-4-6-12/h2-9,14H,10,18H2,1H3. The number of ether oxygens (including phenoxy) is 1. The summed E-state index contributed by atoms with van der Waals surface area (Å²) >= 11 is 0. The molecular formula is C17H16N2O3. The lowest BCUT2D eigenvalue weighted by Crippen LogP contribution is -2.33. The fraction of sp³-hybridized carbons (Fsp3) is 0.176. The number of hydrogen-bond acceptors (Lipinski definition) is 5. The van der Waals surface area contributed by atoms with Crippen LogP contribution in [0.2, 0.25) is 0 Å². The smallest absolute Gasteiger partial charge is 0.322 e. The second-order valence-electron chi connectivity index (χ2n) is 5.06. The fourth-order valence-corrected chi connectivity index (χ4v) is 2.40. The highest BCUT2D eigenvalue weighted by molar-refractivity contribution is 5.92. The molecule has 0 fully saturated rings. The van der Waals surface area contributed by atoms with Crippen LogP contribution in [-0.2, 0) is 16.0 Å². The summed E-state index contributed by atoms with van der Waals surface area (Å²) in [6.07, 6.45) is 0.405. The molecule has 0 aliphatic rings. The Morgan fingerprint density at radius 2 is 2.05 bits per heavy atom. The number of carbonyl (C=O) groups is 1. The number of benzene rings is 2. The van der Waals surface area contributed by atoms with Crippen molar-refractivity contribution in [3.8, 4) is 11.3 Å². The largest absolute Gasteiger partial charge is 0.468 e. The number of methoxy groups -OCH3 is 1. The molecule has 1 heterocycles. The zero-order valence-corrected chi connectivity index (χ0v) is 12.2. The van der Waals surface area contributed by atoms with Crippen molar-refractivity contribution in [3.63, 3.8) is 0 Å². The summed E-state index contributed by atoms with van der Waals surface area (Å²) in [6.45, 7) is 0. The van der Waals surface area contributed by atoms with E-state index in [-0.39, 0.29) is 0 Å². The van der Waals surface area contributed by atoms with E-state index in [9.17, 15) is 4.79 Å². The molecule has 1 atom stereocenters. The number of fused-ring (bicyclic) bond motifs is 1. The predicted octanol–water partition coefficient (Wildman–Crippen LogP) is 2.54. The number of aromatic nitrogens is 1. The molecule has 0 aliphatic carbocycles. The molecule has 0 saturated heterocycles. The van der Waals surface area contributed by atoms with E-state index in [1.807, 2.05) is 48.5 Å². The molecule has 1 unspecified atom stereocenters. The van der Waals surface area contributed by atoms with Crippen LogP contribution in [0.4, 0.5) is 0 Å². The van der Waals surface area contributed by atoms with Gasteiger partial charge in [0.05, 0.1) is 7.11 Å². The van der Waals surface area contributed by atoms with Crippen molar-refractivity contribution in [2.45, 2.75) is 12.5 Å². The normalized spacial score (nSPS) is 12.3. The summed E-state index contributed by atoms with van der Waals surface area (Å²) in [7, 11) is 1.33. The van der Waals surface area contributed by atoms with Crippen LogP contribution in [0.3, 0.4) is 0 Å². The second kappa shape index (κ2) is 5.99. The Morgan fingerprint density at radius 1 is 1.27 bits per heavy atom. The molecule has 0 radical (unpaired) electrons. The first-order chi connectivity index (χ1) is 10.7. The first-order valence-electron chi connectivity index (χ1n) is 6.96. The molecule has 112 valence electrons. The molecule has 0 amide bonds. The van der Waals surface area contributed by atoms with Crippen molar-refractivity contribution < 1.29 is 14.1 Å². The van der Waals surface area contributed by atoms with Crippen molar-refractivity contribution in [3.05, 3.63) is 54.1 Å². The molecule has 2 N–H and O–H groups in total. The average molecular weight is 296 g/mol. The van der Waals surface area contributed by atoms with Gasteiger partial charge < -0.3 is 15.0 Å². The minimum atomic E-state index is -0.678. The summed E-state index contributed by atoms with van der Waals surface area (Å²) < 4.78 is 10.1. The fourth-order valence-electron chi connectivity index (χ4n) is 2.40. The van der Waals surface area contributed by atoms with Crippen LogP contribution in [0.15, 0.2) is 53.1 Å². The zero-order valence-electron chi connectivity index (χ0n) is 12.2. The number of nitrogens with zero attached hydrogens (tertiary/aromatic N) is 1. The van der Waals surface area contributed by atoms with E-state index >= 15 is 0 Å². The summed E-state index contributed by atoms with van der Waals surface area (Å²) in [6, 6.07) is 14.8. The maximum absolute atomic E-state index is 11.4. The van der Waals surface area contributed by atoms with Crippen LogP contribution in [0.1, 0.15) is 5.56 Å². The molecule has 5 nitrogen and oxygen atoms in total. The van der Waals surface area contributed by atoms with Gasteiger partial charge in [0.2, 0.25) is 0 Å². The molecule has 0 saturated carbocycles. The molecule has 1 aromatic heterocycles. The van der Waals surface area contributed by atoms with E-state index in [0.717, 1.165) is 22.0 Å². The second-order valence-corrected chi connectivity index (χ2v) is 5.06. The zero-order chi connectivity index (χ0) is 15.5. The minimum absolute atomic E-state index is 0.405. The van der Waals surface area contributed by atoms with E-state index in [4.69, 9.17) is 10.3 Å². The first-order valence-corrected chi connectivity index (χ1v) is 6.96. The molecule has 2 aromatic carbocycles. The maximum Gasteiger partial charge on any atom is 0.322 e. The van der Waals surface area contributed by atoms with Crippen molar-refractivity contribution in [2.24, 2.45) is 5.73 Å². The van der Waals surface area contributed by atoms with Crippen LogP contribution in [0.25, 0.3) is 22.2 Å². The van der Waals surface area contributed by atoms with Gasteiger partial charge in [-0.1, -0.05) is 41.6 Å². The van der Waals surface area contributed by atoms with Crippen LogP contribution in [0.5, 0.6) is 0 Å². The van der Waals surface area contributed by atoms with Crippen molar-refractivity contribution >= 4 is 16.9 Å². The molecular weight excluding hydrogens is 280 g/mol. The summed E-state index contributed by atoms with van der Waals surface area (Å²) in [5.41, 5.74) is 8.48. The molecule has 3 rings (SSSR count). The van der Waals surface area contributed by atoms with Crippen LogP contribution in [0, 0.1) is 0 Å². The summed E-state index contributed by atoms with van der Waals surface area (Å²) in [5.74, 6) is 0.290. The van der Waals surface area contributed by atoms with E-state index in [1.54, 1.807) is 0 Å². The maximum atomic E-state index is 11.4. The molecule has 0 aliphatic heterocycles. The van der Waals surface area contributed by atoms with Gasteiger partial charge in [-0.2, -0.15) is 0 Å². The Kier molecular flexibility index (Phi) is 3.89. The molecule has 22 heavy (non-hydrogen) atoms. The summed E-state index contributed by atoms with van der Waals surface area (Å²) in [4.78, 5) is 11.4. The Morgan fingerprint density at radius 3 is 2.77 bits per heavy atom. The molecule has 5 heteroatoms. The van der Waals surface area contributed by atoms with Gasteiger partial charge in [-0.05, 0) is 24.1 Å². The lowest BCUT2D eigenvalue weighted by atomic mass is 10.0. The lowest BCUT2D eigenvalue weighted by molar-refractivity contribution is -0.142. The van der Waals surface area contributed by atoms with Gasteiger partial charge in [-0.15, -0.1) is 0 Å². The number of nitrogens with two attached hydrogens (primary N) is 1. The van der Waals surface area contributed by atoms with Gasteiger partial charge in [0, 0.05) is 10.9 Å². The highest BCUT2D eigenvalue weighted by Crippen LogP contribution is 2.29. The van der Waals surface area contributed by atoms with Crippen LogP contribution in [-0.4, -0.2) is 24.3 Å². The first kappa shape index (κ1) is 14.3. The van der Waals surface area contributed by atoms with Gasteiger partial charge in [-0.25, -0.2) is 0 Å². The van der Waals surface area contributed by atoms with E-state index in [2.05, 4.69) is 9.89 Å². The highest BCUT2D eigenvalue weighted by atomic mass is 16.5. The number of carbonyl (C=O) groups excluding carboxylic acids is 1. The van der Waals surface area contributed by atoms with Crippen molar-refractivity contribution in [2.75, 3.05) is 7.11 Å². The van der Waals surface area contributed by atoms with Gasteiger partial charge in [0.15, 0.2) is 5.76 Å².